The van der Waals surface area contributed by atoms with E-state index in [0.717, 1.165) is 41.5 Å². The van der Waals surface area contributed by atoms with Crippen LogP contribution in [0, 0.1) is 6.92 Å². The van der Waals surface area contributed by atoms with Crippen LogP contribution in [0.3, 0.4) is 0 Å². The Hall–Kier alpha value is -1.26. The molecule has 0 amide bonds. The van der Waals surface area contributed by atoms with Gasteiger partial charge in [0.25, 0.3) is 10.1 Å². The Morgan fingerprint density at radius 3 is 2.78 bits per heavy atom. The van der Waals surface area contributed by atoms with Gasteiger partial charge < -0.3 is 4.90 Å². The predicted molar refractivity (Wildman–Crippen MR) is 110 cm³/mol. The number of rotatable bonds is 8. The highest BCUT2D eigenvalue weighted by Gasteiger charge is 2.18. The molecule has 1 aliphatic rings. The molecule has 3 rings (SSSR count). The Balaban J connectivity index is 1.48. The molecule has 0 atom stereocenters. The lowest BCUT2D eigenvalue weighted by atomic mass is 10.1. The monoisotopic (exact) mass is 425 g/mol. The molecule has 0 aliphatic carbocycles. The highest BCUT2D eigenvalue weighted by molar-refractivity contribution is 7.99. The highest BCUT2D eigenvalue weighted by atomic mass is 32.2. The summed E-state index contributed by atoms with van der Waals surface area (Å²) in [6, 6.07) is 6.67. The molecule has 2 heterocycles. The molecule has 0 radical (unpaired) electrons. The van der Waals surface area contributed by atoms with E-state index in [4.69, 9.17) is 4.18 Å². The van der Waals surface area contributed by atoms with E-state index in [0.29, 0.717) is 6.42 Å². The maximum Gasteiger partial charge on any atom is 0.296 e. The molecule has 1 aromatic heterocycles. The quantitative estimate of drug-likeness (QED) is 0.364. The van der Waals surface area contributed by atoms with Crippen LogP contribution in [0.4, 0.5) is 0 Å². The normalized spacial score (nSPS) is 15.7. The standard InChI is InChI=1S/C18H23N3O3S3/c1-14-6-8-16(9-7-14)27(22,23)24-11-4-12-25-18-17(19-26-20-18)15-5-3-10-21(2)13-15/h5-9H,3-4,10-13H2,1-2H3. The third-order valence-electron chi connectivity index (χ3n) is 4.18. The lowest BCUT2D eigenvalue weighted by Crippen LogP contribution is -2.25. The summed E-state index contributed by atoms with van der Waals surface area (Å²) in [5.74, 6) is 0.727. The molecule has 146 valence electrons. The smallest absolute Gasteiger partial charge is 0.296 e. The fraction of sp³-hybridized carbons (Fsp3) is 0.444. The van der Waals surface area contributed by atoms with Crippen molar-refractivity contribution in [3.05, 3.63) is 41.6 Å². The number of hydrogen-bond donors (Lipinski definition) is 0. The van der Waals surface area contributed by atoms with Gasteiger partial charge in [-0.05, 0) is 44.5 Å². The average Bonchev–Trinajstić information content (AvgIpc) is 3.10. The molecule has 0 saturated heterocycles. The minimum atomic E-state index is -3.69. The summed E-state index contributed by atoms with van der Waals surface area (Å²) in [5, 5.41) is 0.919. The van der Waals surface area contributed by atoms with E-state index in [9.17, 15) is 8.42 Å². The van der Waals surface area contributed by atoms with Crippen LogP contribution in [0.1, 0.15) is 24.1 Å². The van der Waals surface area contributed by atoms with Gasteiger partial charge in [0.2, 0.25) is 0 Å². The minimum Gasteiger partial charge on any atom is -0.302 e. The van der Waals surface area contributed by atoms with Crippen LogP contribution in [0.25, 0.3) is 5.57 Å². The second-order valence-corrected chi connectivity index (χ2v) is 9.69. The van der Waals surface area contributed by atoms with Crippen molar-refractivity contribution in [3.8, 4) is 0 Å². The fourth-order valence-electron chi connectivity index (χ4n) is 2.71. The third kappa shape index (κ3) is 5.61. The number of thioether (sulfide) groups is 1. The zero-order valence-corrected chi connectivity index (χ0v) is 17.9. The molecule has 0 spiro atoms. The summed E-state index contributed by atoms with van der Waals surface area (Å²) in [7, 11) is -1.59. The van der Waals surface area contributed by atoms with Crippen molar-refractivity contribution in [2.24, 2.45) is 0 Å². The van der Waals surface area contributed by atoms with Crippen molar-refractivity contribution >= 4 is 39.2 Å². The van der Waals surface area contributed by atoms with Crippen molar-refractivity contribution in [1.29, 1.82) is 0 Å². The van der Waals surface area contributed by atoms with Crippen molar-refractivity contribution in [1.82, 2.24) is 13.6 Å². The molecule has 1 aromatic carbocycles. The second kappa shape index (κ2) is 9.29. The number of nitrogens with zero attached hydrogens (tertiary/aromatic N) is 3. The number of benzene rings is 1. The molecule has 6 nitrogen and oxygen atoms in total. The molecule has 0 bridgehead atoms. The number of aromatic nitrogens is 2. The van der Waals surface area contributed by atoms with E-state index < -0.39 is 10.1 Å². The van der Waals surface area contributed by atoms with Gasteiger partial charge in [0.05, 0.1) is 23.2 Å². The first-order valence-corrected chi connectivity index (χ1v) is 11.9. The molecule has 27 heavy (non-hydrogen) atoms. The van der Waals surface area contributed by atoms with Gasteiger partial charge in [0.15, 0.2) is 0 Å². The van der Waals surface area contributed by atoms with Crippen LogP contribution < -0.4 is 0 Å². The topological polar surface area (TPSA) is 72.4 Å². The predicted octanol–water partition coefficient (Wildman–Crippen LogP) is 3.45. The lowest BCUT2D eigenvalue weighted by molar-refractivity contribution is 0.319. The van der Waals surface area contributed by atoms with Gasteiger partial charge >= 0.3 is 0 Å². The molecule has 0 N–H and O–H groups in total. The van der Waals surface area contributed by atoms with Gasteiger partial charge in [0, 0.05) is 18.8 Å². The van der Waals surface area contributed by atoms with Gasteiger partial charge in [-0.1, -0.05) is 23.8 Å². The van der Waals surface area contributed by atoms with Crippen LogP contribution in [-0.4, -0.2) is 54.6 Å². The van der Waals surface area contributed by atoms with Gasteiger partial charge in [0.1, 0.15) is 10.7 Å². The van der Waals surface area contributed by atoms with E-state index in [1.165, 1.54) is 17.3 Å². The Bertz CT molecular complexity index is 892. The number of aryl methyl sites for hydroxylation is 1. The first-order valence-electron chi connectivity index (χ1n) is 8.75. The van der Waals surface area contributed by atoms with Crippen LogP contribution in [0.2, 0.25) is 0 Å². The third-order valence-corrected chi connectivity index (χ3v) is 7.20. The first kappa shape index (κ1) is 20.5. The van der Waals surface area contributed by atoms with Gasteiger partial charge in [-0.3, -0.25) is 4.18 Å². The average molecular weight is 426 g/mol. The van der Waals surface area contributed by atoms with E-state index in [1.54, 1.807) is 36.0 Å². The molecule has 2 aromatic rings. The first-order chi connectivity index (χ1) is 13.0. The second-order valence-electron chi connectivity index (χ2n) is 6.46. The Labute approximate surface area is 169 Å². The fourth-order valence-corrected chi connectivity index (χ4v) is 5.27. The zero-order valence-electron chi connectivity index (χ0n) is 15.4. The number of hydrogen-bond acceptors (Lipinski definition) is 8. The lowest BCUT2D eigenvalue weighted by Gasteiger charge is -2.22. The van der Waals surface area contributed by atoms with Crippen molar-refractivity contribution in [2.45, 2.75) is 29.7 Å². The summed E-state index contributed by atoms with van der Waals surface area (Å²) in [6.45, 7) is 4.02. The molecule has 0 saturated carbocycles. The minimum absolute atomic E-state index is 0.154. The van der Waals surface area contributed by atoms with E-state index in [-0.39, 0.29) is 11.5 Å². The number of likely N-dealkylation sites (N-methyl/N-ethyl adjacent to an activating group) is 1. The Morgan fingerprint density at radius 2 is 2.04 bits per heavy atom. The Morgan fingerprint density at radius 1 is 1.26 bits per heavy atom. The van der Waals surface area contributed by atoms with Gasteiger partial charge in [-0.25, -0.2) is 0 Å². The molecule has 9 heteroatoms. The van der Waals surface area contributed by atoms with Crippen molar-refractivity contribution in [3.63, 3.8) is 0 Å². The van der Waals surface area contributed by atoms with Gasteiger partial charge in [-0.2, -0.15) is 17.2 Å². The summed E-state index contributed by atoms with van der Waals surface area (Å²) < 4.78 is 38.3. The van der Waals surface area contributed by atoms with Gasteiger partial charge in [-0.15, -0.1) is 11.8 Å². The molecular weight excluding hydrogens is 402 g/mol. The molecule has 0 unspecified atom stereocenters. The van der Waals surface area contributed by atoms with E-state index >= 15 is 0 Å². The largest absolute Gasteiger partial charge is 0.302 e. The van der Waals surface area contributed by atoms with Crippen LogP contribution in [-0.2, 0) is 14.3 Å². The zero-order chi connectivity index (χ0) is 19.3. The molecule has 1 aliphatic heterocycles. The summed E-state index contributed by atoms with van der Waals surface area (Å²) in [4.78, 5) is 2.47. The van der Waals surface area contributed by atoms with Crippen LogP contribution >= 0.6 is 23.5 Å². The van der Waals surface area contributed by atoms with Crippen LogP contribution in [0.5, 0.6) is 0 Å². The van der Waals surface area contributed by atoms with Crippen molar-refractivity contribution < 1.29 is 12.6 Å². The molecular formula is C18H23N3O3S3. The maximum atomic E-state index is 12.2. The molecule has 0 fully saturated rings. The summed E-state index contributed by atoms with van der Waals surface area (Å²) in [6.07, 6.45) is 3.88. The maximum absolute atomic E-state index is 12.2. The van der Waals surface area contributed by atoms with E-state index in [1.807, 2.05) is 6.92 Å². The summed E-state index contributed by atoms with van der Waals surface area (Å²) in [5.41, 5.74) is 3.19. The highest BCUT2D eigenvalue weighted by Crippen LogP contribution is 2.29. The Kier molecular flexibility index (Phi) is 7.04. The van der Waals surface area contributed by atoms with Crippen molar-refractivity contribution in [2.75, 3.05) is 32.5 Å². The summed E-state index contributed by atoms with van der Waals surface area (Å²) >= 11 is 2.82. The SMILES string of the molecule is Cc1ccc(S(=O)(=O)OCCCSc2nsnc2C2=CCCN(C)C2)cc1. The van der Waals surface area contributed by atoms with E-state index in [2.05, 4.69) is 26.8 Å². The van der Waals surface area contributed by atoms with Crippen LogP contribution in [0.15, 0.2) is 40.3 Å².